The molecule has 0 saturated carbocycles. The second kappa shape index (κ2) is 6.79. The summed E-state index contributed by atoms with van der Waals surface area (Å²) in [7, 11) is 0. The Hall–Kier alpha value is -1.71. The molecule has 0 N–H and O–H groups in total. The van der Waals surface area contributed by atoms with E-state index in [9.17, 15) is 22.4 Å². The molecule has 136 valence electrons. The summed E-state index contributed by atoms with van der Waals surface area (Å²) in [6, 6.07) is 4.03. The number of halogens is 4. The Balaban J connectivity index is 2.10. The van der Waals surface area contributed by atoms with Crippen LogP contribution in [0.2, 0.25) is 0 Å². The van der Waals surface area contributed by atoms with Crippen LogP contribution in [0, 0.1) is 19.7 Å². The fourth-order valence-corrected chi connectivity index (χ4v) is 4.60. The second-order valence-corrected chi connectivity index (χ2v) is 8.40. The number of carbonyl (C=O) groups excluding carboxylic acids is 1. The minimum absolute atomic E-state index is 0.0655. The van der Waals surface area contributed by atoms with Gasteiger partial charge in [0.15, 0.2) is 0 Å². The molecule has 9 heteroatoms. The summed E-state index contributed by atoms with van der Waals surface area (Å²) in [6.07, 6.45) is -4.64. The quantitative estimate of drug-likeness (QED) is 0.396. The first-order chi connectivity index (χ1) is 12.1. The molecule has 0 spiro atoms. The van der Waals surface area contributed by atoms with E-state index in [1.165, 1.54) is 22.7 Å². The van der Waals surface area contributed by atoms with Crippen molar-refractivity contribution in [2.24, 2.45) is 0 Å². The van der Waals surface area contributed by atoms with Crippen LogP contribution >= 0.6 is 35.3 Å². The van der Waals surface area contributed by atoms with Crippen molar-refractivity contribution in [3.8, 4) is 21.8 Å². The number of aryl methyl sites for hydroxylation is 2. The van der Waals surface area contributed by atoms with E-state index < -0.39 is 17.6 Å². The monoisotopic (exact) mass is 417 g/mol. The molecule has 0 aliphatic heterocycles. The molecule has 0 bridgehead atoms. The zero-order valence-electron chi connectivity index (χ0n) is 13.4. The topological polar surface area (TPSA) is 30.0 Å². The lowest BCUT2D eigenvalue weighted by molar-refractivity contribution is -0.137. The molecule has 3 rings (SSSR count). The van der Waals surface area contributed by atoms with E-state index in [1.807, 2.05) is 6.92 Å². The first kappa shape index (κ1) is 19.1. The van der Waals surface area contributed by atoms with E-state index in [4.69, 9.17) is 0 Å². The molecule has 0 fully saturated rings. The van der Waals surface area contributed by atoms with E-state index in [-0.39, 0.29) is 10.7 Å². The van der Waals surface area contributed by atoms with Crippen molar-refractivity contribution >= 4 is 40.4 Å². The Bertz CT molecular complexity index is 1000. The standard InChI is InChI=1S/C17H11F4NOS3/c1-7-12(6-13(25-7)16(23)24)15-22-14(8(2)26-15)9-3-10(17(19,20)21)5-11(18)4-9/h3-6H,1-2H3,(H,23,24). The highest BCUT2D eigenvalue weighted by molar-refractivity contribution is 7.97. The maximum atomic E-state index is 13.7. The van der Waals surface area contributed by atoms with Crippen molar-refractivity contribution in [2.75, 3.05) is 0 Å². The summed E-state index contributed by atoms with van der Waals surface area (Å²) in [5, 5.41) is 0.197. The Morgan fingerprint density at radius 3 is 2.35 bits per heavy atom. The lowest BCUT2D eigenvalue weighted by atomic mass is 10.1. The van der Waals surface area contributed by atoms with Crippen LogP contribution in [0.1, 0.15) is 25.0 Å². The molecule has 2 nitrogen and oxygen atoms in total. The zero-order chi connectivity index (χ0) is 19.2. The fraction of sp³-hybridized carbons (Fsp3) is 0.176. The smallest absolute Gasteiger partial charge is 0.281 e. The molecule has 1 aromatic carbocycles. The summed E-state index contributed by atoms with van der Waals surface area (Å²) < 4.78 is 52.5. The molecule has 0 radical (unpaired) electrons. The van der Waals surface area contributed by atoms with Gasteiger partial charge in [0.2, 0.25) is 5.12 Å². The number of nitrogens with zero attached hydrogens (tertiary/aromatic N) is 1. The Morgan fingerprint density at radius 2 is 1.77 bits per heavy atom. The third-order valence-electron chi connectivity index (χ3n) is 3.65. The van der Waals surface area contributed by atoms with E-state index in [2.05, 4.69) is 17.6 Å². The molecular formula is C17H11F4NOS3. The van der Waals surface area contributed by atoms with Gasteiger partial charge in [-0.15, -0.1) is 22.7 Å². The first-order valence-corrected chi connectivity index (χ1v) is 9.34. The SMILES string of the molecule is Cc1sc(C(=O)S)cc1-c1nc(-c2cc(F)cc(C(F)(F)F)c2)c(C)s1. The maximum absolute atomic E-state index is 13.7. The molecular weight excluding hydrogens is 406 g/mol. The third kappa shape index (κ3) is 3.70. The van der Waals surface area contributed by atoms with Crippen LogP contribution in [0.25, 0.3) is 21.8 Å². The molecule has 0 aliphatic carbocycles. The van der Waals surface area contributed by atoms with Crippen molar-refractivity contribution < 1.29 is 22.4 Å². The molecule has 0 saturated heterocycles. The van der Waals surface area contributed by atoms with Gasteiger partial charge in [0.05, 0.1) is 16.1 Å². The van der Waals surface area contributed by atoms with Crippen molar-refractivity contribution in [3.63, 3.8) is 0 Å². The van der Waals surface area contributed by atoms with Gasteiger partial charge in [0, 0.05) is 20.9 Å². The number of hydrogen-bond donors (Lipinski definition) is 1. The summed E-state index contributed by atoms with van der Waals surface area (Å²) in [5.41, 5.74) is 0.0189. The van der Waals surface area contributed by atoms with Gasteiger partial charge in [-0.05, 0) is 38.1 Å². The minimum atomic E-state index is -4.64. The maximum Gasteiger partial charge on any atom is 0.416 e. The third-order valence-corrected chi connectivity index (χ3v) is 6.10. The number of hydrogen-bond acceptors (Lipinski definition) is 4. The summed E-state index contributed by atoms with van der Waals surface area (Å²) in [5.74, 6) is -0.974. The molecule has 0 aliphatic rings. The van der Waals surface area contributed by atoms with Crippen LogP contribution in [0.15, 0.2) is 24.3 Å². The number of thiophene rings is 1. The van der Waals surface area contributed by atoms with E-state index >= 15 is 0 Å². The van der Waals surface area contributed by atoms with Crippen LogP contribution in [0.5, 0.6) is 0 Å². The van der Waals surface area contributed by atoms with E-state index in [0.717, 1.165) is 22.6 Å². The van der Waals surface area contributed by atoms with Gasteiger partial charge in [-0.1, -0.05) is 12.6 Å². The number of rotatable bonds is 3. The lowest BCUT2D eigenvalue weighted by Crippen LogP contribution is -2.05. The van der Waals surface area contributed by atoms with Gasteiger partial charge in [-0.2, -0.15) is 13.2 Å². The predicted molar refractivity (Wildman–Crippen MR) is 98.6 cm³/mol. The normalized spacial score (nSPS) is 11.8. The highest BCUT2D eigenvalue weighted by Gasteiger charge is 2.32. The van der Waals surface area contributed by atoms with Gasteiger partial charge < -0.3 is 0 Å². The van der Waals surface area contributed by atoms with Crippen LogP contribution in [-0.2, 0) is 6.18 Å². The predicted octanol–water partition coefficient (Wildman–Crippen LogP) is 6.38. The highest BCUT2D eigenvalue weighted by atomic mass is 32.1. The van der Waals surface area contributed by atoms with E-state index in [0.29, 0.717) is 26.5 Å². The van der Waals surface area contributed by atoms with Gasteiger partial charge >= 0.3 is 6.18 Å². The van der Waals surface area contributed by atoms with Gasteiger partial charge in [-0.3, -0.25) is 4.79 Å². The highest BCUT2D eigenvalue weighted by Crippen LogP contribution is 2.39. The Kier molecular flexibility index (Phi) is 4.98. The van der Waals surface area contributed by atoms with Crippen molar-refractivity contribution in [1.82, 2.24) is 4.98 Å². The van der Waals surface area contributed by atoms with E-state index in [1.54, 1.807) is 13.0 Å². The van der Waals surface area contributed by atoms with Crippen molar-refractivity contribution in [3.05, 3.63) is 50.3 Å². The fourth-order valence-electron chi connectivity index (χ4n) is 2.47. The van der Waals surface area contributed by atoms with Gasteiger partial charge in [0.25, 0.3) is 0 Å². The second-order valence-electron chi connectivity index (χ2n) is 5.54. The number of thiazole rings is 1. The molecule has 3 aromatic rings. The molecule has 0 atom stereocenters. The number of alkyl halides is 3. The Labute approximate surface area is 159 Å². The van der Waals surface area contributed by atoms with Crippen LogP contribution in [-0.4, -0.2) is 10.1 Å². The number of carbonyl (C=O) groups is 1. The number of thiol groups is 1. The average Bonchev–Trinajstić information content (AvgIpc) is 3.09. The van der Waals surface area contributed by atoms with Crippen molar-refractivity contribution in [1.29, 1.82) is 0 Å². The first-order valence-electron chi connectivity index (χ1n) is 7.26. The summed E-state index contributed by atoms with van der Waals surface area (Å²) in [4.78, 5) is 17.8. The molecule has 26 heavy (non-hydrogen) atoms. The van der Waals surface area contributed by atoms with Crippen LogP contribution < -0.4 is 0 Å². The molecule has 2 aromatic heterocycles. The lowest BCUT2D eigenvalue weighted by Gasteiger charge is -2.08. The molecule has 2 heterocycles. The number of aromatic nitrogens is 1. The molecule has 0 amide bonds. The summed E-state index contributed by atoms with van der Waals surface area (Å²) in [6.45, 7) is 3.53. The van der Waals surface area contributed by atoms with Gasteiger partial charge in [0.1, 0.15) is 10.8 Å². The Morgan fingerprint density at radius 1 is 1.08 bits per heavy atom. The van der Waals surface area contributed by atoms with Gasteiger partial charge in [-0.25, -0.2) is 9.37 Å². The zero-order valence-corrected chi connectivity index (χ0v) is 16.0. The average molecular weight is 417 g/mol. The van der Waals surface area contributed by atoms with Crippen molar-refractivity contribution in [2.45, 2.75) is 20.0 Å². The largest absolute Gasteiger partial charge is 0.416 e. The molecule has 0 unspecified atom stereocenters. The number of benzene rings is 1. The minimum Gasteiger partial charge on any atom is -0.281 e. The van der Waals surface area contributed by atoms with Crippen LogP contribution in [0.3, 0.4) is 0 Å². The summed E-state index contributed by atoms with van der Waals surface area (Å²) >= 11 is 6.34. The van der Waals surface area contributed by atoms with Crippen LogP contribution in [0.4, 0.5) is 17.6 Å².